The minimum atomic E-state index is -0.334. The maximum atomic E-state index is 12.5. The van der Waals surface area contributed by atoms with Gasteiger partial charge in [0.15, 0.2) is 17.3 Å². The van der Waals surface area contributed by atoms with E-state index in [0.29, 0.717) is 23.4 Å². The number of hydrogen-bond donors (Lipinski definition) is 2. The van der Waals surface area contributed by atoms with Gasteiger partial charge in [0.05, 0.1) is 5.25 Å². The molecule has 4 rings (SSSR count). The van der Waals surface area contributed by atoms with E-state index in [1.807, 2.05) is 25.1 Å². The van der Waals surface area contributed by atoms with Crippen LogP contribution in [0, 0.1) is 0 Å². The molecule has 1 amide bonds. The van der Waals surface area contributed by atoms with E-state index in [1.165, 1.54) is 31.0 Å². The highest BCUT2D eigenvalue weighted by Gasteiger charge is 2.24. The van der Waals surface area contributed by atoms with E-state index >= 15 is 0 Å². The minimum absolute atomic E-state index is 0.0788. The highest BCUT2D eigenvalue weighted by atomic mass is 32.2. The third kappa shape index (κ3) is 4.04. The summed E-state index contributed by atoms with van der Waals surface area (Å²) in [6.45, 7) is 2.50. The molecule has 3 N–H and O–H groups in total. The van der Waals surface area contributed by atoms with Gasteiger partial charge in [0, 0.05) is 12.5 Å². The maximum Gasteiger partial charge on any atom is 0.233 e. The van der Waals surface area contributed by atoms with Crippen molar-refractivity contribution in [1.29, 1.82) is 0 Å². The molecule has 28 heavy (non-hydrogen) atoms. The topological polar surface area (TPSA) is 104 Å². The minimum Gasteiger partial charge on any atom is -0.454 e. The van der Waals surface area contributed by atoms with Crippen LogP contribution in [0.25, 0.3) is 0 Å². The molecule has 0 unspecified atom stereocenters. The molecule has 1 aromatic carbocycles. The second-order valence-corrected chi connectivity index (χ2v) is 8.52. The molecule has 1 aliphatic carbocycles. The summed E-state index contributed by atoms with van der Waals surface area (Å²) in [5.41, 5.74) is 0.955. The van der Waals surface area contributed by atoms with Crippen LogP contribution in [0.4, 0.5) is 0 Å². The van der Waals surface area contributed by atoms with Crippen molar-refractivity contribution in [3.05, 3.63) is 29.6 Å². The second kappa shape index (κ2) is 8.30. The molecule has 1 saturated carbocycles. The highest BCUT2D eigenvalue weighted by molar-refractivity contribution is 8.00. The predicted molar refractivity (Wildman–Crippen MR) is 106 cm³/mol. The number of amides is 1. The molecule has 2 aromatic rings. The number of rotatable bonds is 6. The normalized spacial score (nSPS) is 17.5. The fourth-order valence-corrected chi connectivity index (χ4v) is 4.40. The van der Waals surface area contributed by atoms with Crippen LogP contribution in [0.3, 0.4) is 0 Å². The van der Waals surface area contributed by atoms with Crippen LogP contribution < -0.4 is 20.6 Å². The van der Waals surface area contributed by atoms with Crippen LogP contribution in [-0.4, -0.2) is 32.8 Å². The quantitative estimate of drug-likeness (QED) is 0.564. The maximum absolute atomic E-state index is 12.5. The van der Waals surface area contributed by atoms with Gasteiger partial charge in [-0.15, -0.1) is 10.2 Å². The van der Waals surface area contributed by atoms with Crippen molar-refractivity contribution in [2.24, 2.45) is 0 Å². The summed E-state index contributed by atoms with van der Waals surface area (Å²) in [6.07, 6.45) is 5.89. The van der Waals surface area contributed by atoms with Crippen molar-refractivity contribution < 1.29 is 14.3 Å². The Morgan fingerprint density at radius 2 is 2.07 bits per heavy atom. The molecule has 1 aromatic heterocycles. The lowest BCUT2D eigenvalue weighted by Gasteiger charge is -2.20. The average molecular weight is 404 g/mol. The molecule has 1 aliphatic heterocycles. The van der Waals surface area contributed by atoms with E-state index < -0.39 is 0 Å². The first kappa shape index (κ1) is 18.9. The molecular weight excluding hydrogens is 378 g/mol. The van der Waals surface area contributed by atoms with E-state index in [9.17, 15) is 4.79 Å². The fraction of sp³-hybridized carbons (Fsp3) is 0.526. The van der Waals surface area contributed by atoms with Gasteiger partial charge < -0.3 is 20.6 Å². The molecule has 8 nitrogen and oxygen atoms in total. The number of nitrogens with zero attached hydrogens (tertiary/aromatic N) is 3. The standard InChI is InChI=1S/C19H25N5O3S/c1-12(18(25)21-10-13-7-8-15-16(9-13)27-11-26-15)28-19-23-22-17(24(19)20)14-5-3-2-4-6-14/h7-9,12,14H,2-6,10-11,20H2,1H3,(H,21,25)/t12-/m0/s1. The van der Waals surface area contributed by atoms with Gasteiger partial charge in [-0.1, -0.05) is 37.1 Å². The smallest absolute Gasteiger partial charge is 0.233 e. The SMILES string of the molecule is C[C@H](Sc1nnc(C2CCCCC2)n1N)C(=O)NCc1ccc2c(c1)OCO2. The number of nitrogen functional groups attached to an aromatic ring is 1. The van der Waals surface area contributed by atoms with Crippen LogP contribution >= 0.6 is 11.8 Å². The third-order valence-electron chi connectivity index (χ3n) is 5.22. The molecule has 0 bridgehead atoms. The third-order valence-corrected chi connectivity index (χ3v) is 6.27. The fourth-order valence-electron chi connectivity index (χ4n) is 3.60. The zero-order valence-corrected chi connectivity index (χ0v) is 16.7. The van der Waals surface area contributed by atoms with Crippen LogP contribution in [0.5, 0.6) is 11.5 Å². The van der Waals surface area contributed by atoms with Crippen molar-refractivity contribution in [1.82, 2.24) is 20.2 Å². The van der Waals surface area contributed by atoms with Crippen molar-refractivity contribution >= 4 is 17.7 Å². The largest absolute Gasteiger partial charge is 0.454 e. The molecule has 0 saturated heterocycles. The summed E-state index contributed by atoms with van der Waals surface area (Å²) in [4.78, 5) is 12.5. The second-order valence-electron chi connectivity index (χ2n) is 7.21. The Labute approximate surface area is 168 Å². The van der Waals surface area contributed by atoms with Crippen molar-refractivity contribution in [2.45, 2.75) is 61.9 Å². The lowest BCUT2D eigenvalue weighted by molar-refractivity contribution is -0.120. The number of aromatic nitrogens is 3. The summed E-state index contributed by atoms with van der Waals surface area (Å²) in [6, 6.07) is 5.65. The number of carbonyl (C=O) groups excluding carboxylic acids is 1. The van der Waals surface area contributed by atoms with Gasteiger partial charge in [-0.2, -0.15) is 0 Å². The molecule has 0 radical (unpaired) electrons. The van der Waals surface area contributed by atoms with E-state index in [1.54, 1.807) is 4.68 Å². The zero-order chi connectivity index (χ0) is 19.5. The molecule has 9 heteroatoms. The Morgan fingerprint density at radius 1 is 1.29 bits per heavy atom. The highest BCUT2D eigenvalue weighted by Crippen LogP contribution is 2.33. The lowest BCUT2D eigenvalue weighted by Crippen LogP contribution is -2.31. The van der Waals surface area contributed by atoms with Crippen LogP contribution in [0.15, 0.2) is 23.4 Å². The first-order valence-corrected chi connectivity index (χ1v) is 10.5. The first-order chi connectivity index (χ1) is 13.6. The number of fused-ring (bicyclic) bond motifs is 1. The Balaban J connectivity index is 1.32. The number of hydrogen-bond acceptors (Lipinski definition) is 7. The first-order valence-electron chi connectivity index (χ1n) is 9.65. The summed E-state index contributed by atoms with van der Waals surface area (Å²) in [7, 11) is 0. The molecule has 1 fully saturated rings. The summed E-state index contributed by atoms with van der Waals surface area (Å²) >= 11 is 1.33. The number of carbonyl (C=O) groups is 1. The van der Waals surface area contributed by atoms with Crippen LogP contribution in [0.2, 0.25) is 0 Å². The van der Waals surface area contributed by atoms with Crippen LogP contribution in [-0.2, 0) is 11.3 Å². The number of thioether (sulfide) groups is 1. The average Bonchev–Trinajstić information content (AvgIpc) is 3.33. The van der Waals surface area contributed by atoms with Crippen molar-refractivity contribution in [2.75, 3.05) is 12.6 Å². The van der Waals surface area contributed by atoms with Gasteiger partial charge in [-0.05, 0) is 37.5 Å². The number of nitrogens with one attached hydrogen (secondary N) is 1. The summed E-state index contributed by atoms with van der Waals surface area (Å²) in [5.74, 6) is 8.77. The molecule has 0 spiro atoms. The lowest BCUT2D eigenvalue weighted by atomic mass is 9.89. The molecule has 1 atom stereocenters. The Hall–Kier alpha value is -2.42. The van der Waals surface area contributed by atoms with Crippen molar-refractivity contribution in [3.8, 4) is 11.5 Å². The van der Waals surface area contributed by atoms with E-state index in [0.717, 1.165) is 30.0 Å². The monoisotopic (exact) mass is 403 g/mol. The van der Waals surface area contributed by atoms with Crippen molar-refractivity contribution in [3.63, 3.8) is 0 Å². The Morgan fingerprint density at radius 3 is 2.89 bits per heavy atom. The molecular formula is C19H25N5O3S. The van der Waals surface area contributed by atoms with Gasteiger partial charge in [0.1, 0.15) is 0 Å². The van der Waals surface area contributed by atoms with E-state index in [2.05, 4.69) is 15.5 Å². The Bertz CT molecular complexity index is 850. The number of benzene rings is 1. The van der Waals surface area contributed by atoms with E-state index in [-0.39, 0.29) is 18.0 Å². The van der Waals surface area contributed by atoms with Gasteiger partial charge >= 0.3 is 0 Å². The zero-order valence-electron chi connectivity index (χ0n) is 15.9. The van der Waals surface area contributed by atoms with Gasteiger partial charge in [0.25, 0.3) is 0 Å². The van der Waals surface area contributed by atoms with Crippen LogP contribution in [0.1, 0.15) is 56.3 Å². The summed E-state index contributed by atoms with van der Waals surface area (Å²) < 4.78 is 12.2. The Kier molecular flexibility index (Phi) is 5.61. The molecule has 2 heterocycles. The van der Waals surface area contributed by atoms with E-state index in [4.69, 9.17) is 15.3 Å². The molecule has 2 aliphatic rings. The summed E-state index contributed by atoms with van der Waals surface area (Å²) in [5, 5.41) is 11.7. The number of nitrogens with two attached hydrogens (primary N) is 1. The van der Waals surface area contributed by atoms with Gasteiger partial charge in [-0.3, -0.25) is 4.79 Å². The molecule has 150 valence electrons. The van der Waals surface area contributed by atoms with Gasteiger partial charge in [-0.25, -0.2) is 4.68 Å². The number of ether oxygens (including phenoxy) is 2. The predicted octanol–water partition coefficient (Wildman–Crippen LogP) is 2.57. The van der Waals surface area contributed by atoms with Gasteiger partial charge in [0.2, 0.25) is 17.9 Å².